The fourth-order valence-electron chi connectivity index (χ4n) is 3.32. The minimum absolute atomic E-state index is 0.0383. The van der Waals surface area contributed by atoms with Crippen LogP contribution in [0.15, 0.2) is 23.2 Å². The fraction of sp³-hybridized carbons (Fsp3) is 0.600. The molecule has 0 unspecified atom stereocenters. The lowest BCUT2D eigenvalue weighted by Gasteiger charge is -2.34. The van der Waals surface area contributed by atoms with Crippen LogP contribution in [0.4, 0.5) is 4.39 Å². The first-order chi connectivity index (χ1) is 12.8. The van der Waals surface area contributed by atoms with Crippen molar-refractivity contribution in [2.45, 2.75) is 39.0 Å². The van der Waals surface area contributed by atoms with Gasteiger partial charge >= 0.3 is 5.97 Å². The monoisotopic (exact) mass is 397 g/mol. The van der Waals surface area contributed by atoms with Crippen molar-refractivity contribution in [2.75, 3.05) is 33.3 Å². The highest BCUT2D eigenvalue weighted by Gasteiger charge is 2.28. The number of esters is 1. The van der Waals surface area contributed by atoms with E-state index in [4.69, 9.17) is 21.3 Å². The maximum atomic E-state index is 13.3. The lowest BCUT2D eigenvalue weighted by atomic mass is 9.84. The lowest BCUT2D eigenvalue weighted by Crippen LogP contribution is -2.47. The second kappa shape index (κ2) is 9.40. The first-order valence-electron chi connectivity index (χ1n) is 9.35. The average molecular weight is 398 g/mol. The summed E-state index contributed by atoms with van der Waals surface area (Å²) in [5.74, 6) is 0.309. The number of carbonyl (C=O) groups excluding carboxylic acids is 1. The van der Waals surface area contributed by atoms with Crippen molar-refractivity contribution < 1.29 is 13.9 Å². The van der Waals surface area contributed by atoms with Crippen molar-refractivity contribution in [1.29, 1.82) is 0 Å². The summed E-state index contributed by atoms with van der Waals surface area (Å²) in [5, 5.41) is 3.74. The smallest absolute Gasteiger partial charge is 0.308 e. The lowest BCUT2D eigenvalue weighted by molar-refractivity contribution is -0.146. The number of hydrogen-bond acceptors (Lipinski definition) is 3. The third-order valence-electron chi connectivity index (χ3n) is 4.95. The van der Waals surface area contributed by atoms with Gasteiger partial charge in [0, 0.05) is 30.1 Å². The largest absolute Gasteiger partial charge is 0.469 e. The molecule has 2 rings (SSSR count). The molecule has 1 heterocycles. The Labute approximate surface area is 165 Å². The third-order valence-corrected chi connectivity index (χ3v) is 5.26. The van der Waals surface area contributed by atoms with Crippen molar-refractivity contribution in [2.24, 2.45) is 10.9 Å². The minimum Gasteiger partial charge on any atom is -0.469 e. The van der Waals surface area contributed by atoms with Gasteiger partial charge in [-0.1, -0.05) is 31.5 Å². The number of carbonyl (C=O) groups is 1. The number of likely N-dealkylation sites (tertiary alicyclic amines) is 1. The first kappa shape index (κ1) is 21.5. The standard InChI is InChI=1S/C20H29ClFN3O2/c1-5-23-19(25-10-8-14(9-11-25)18(26)27-4)24-13-20(2,3)16-7-6-15(22)12-17(16)21/h6-7,12,14H,5,8-11,13H2,1-4H3,(H,23,24). The molecule has 1 aliphatic rings. The minimum atomic E-state index is -0.343. The molecule has 1 aromatic rings. The molecule has 0 amide bonds. The van der Waals surface area contributed by atoms with Gasteiger partial charge in [0.25, 0.3) is 0 Å². The summed E-state index contributed by atoms with van der Waals surface area (Å²) in [6.07, 6.45) is 1.51. The molecule has 0 bridgehead atoms. The number of nitrogens with one attached hydrogen (secondary N) is 1. The topological polar surface area (TPSA) is 53.9 Å². The van der Waals surface area contributed by atoms with Gasteiger partial charge in [-0.2, -0.15) is 0 Å². The number of guanidine groups is 1. The van der Waals surface area contributed by atoms with E-state index in [2.05, 4.69) is 10.2 Å². The van der Waals surface area contributed by atoms with Crippen LogP contribution in [0.5, 0.6) is 0 Å². The van der Waals surface area contributed by atoms with Crippen LogP contribution in [0, 0.1) is 11.7 Å². The van der Waals surface area contributed by atoms with Crippen LogP contribution in [0.1, 0.15) is 39.2 Å². The van der Waals surface area contributed by atoms with Crippen molar-refractivity contribution in [3.8, 4) is 0 Å². The summed E-state index contributed by atoms with van der Waals surface area (Å²) in [6, 6.07) is 4.49. The van der Waals surface area contributed by atoms with E-state index >= 15 is 0 Å². The normalized spacial score (nSPS) is 16.4. The highest BCUT2D eigenvalue weighted by Crippen LogP contribution is 2.31. The van der Waals surface area contributed by atoms with Crippen LogP contribution in [0.2, 0.25) is 5.02 Å². The number of aliphatic imine (C=N–C) groups is 1. The Balaban J connectivity index is 2.09. The summed E-state index contributed by atoms with van der Waals surface area (Å²) < 4.78 is 18.2. The molecule has 1 N–H and O–H groups in total. The van der Waals surface area contributed by atoms with Crippen LogP contribution in [0.25, 0.3) is 0 Å². The van der Waals surface area contributed by atoms with Crippen LogP contribution < -0.4 is 5.32 Å². The first-order valence-corrected chi connectivity index (χ1v) is 9.73. The molecule has 7 heteroatoms. The van der Waals surface area contributed by atoms with Crippen molar-refractivity contribution in [3.63, 3.8) is 0 Å². The molecule has 0 aromatic heterocycles. The van der Waals surface area contributed by atoms with Gasteiger partial charge in [0.15, 0.2) is 5.96 Å². The highest BCUT2D eigenvalue weighted by atomic mass is 35.5. The molecule has 0 saturated carbocycles. The van der Waals surface area contributed by atoms with Crippen LogP contribution in [-0.4, -0.2) is 50.1 Å². The molecule has 5 nitrogen and oxygen atoms in total. The predicted octanol–water partition coefficient (Wildman–Crippen LogP) is 3.61. The van der Waals surface area contributed by atoms with Crippen LogP contribution >= 0.6 is 11.6 Å². The van der Waals surface area contributed by atoms with Gasteiger partial charge in [-0.25, -0.2) is 4.39 Å². The quantitative estimate of drug-likeness (QED) is 0.468. The number of rotatable bonds is 5. The van der Waals surface area contributed by atoms with Gasteiger partial charge in [0.05, 0.1) is 19.6 Å². The van der Waals surface area contributed by atoms with Gasteiger partial charge in [-0.15, -0.1) is 0 Å². The summed E-state index contributed by atoms with van der Waals surface area (Å²) in [7, 11) is 1.43. The molecule has 1 saturated heterocycles. The Morgan fingerprint density at radius 1 is 1.41 bits per heavy atom. The van der Waals surface area contributed by atoms with Gasteiger partial charge in [0.1, 0.15) is 5.82 Å². The molecule has 1 aliphatic heterocycles. The van der Waals surface area contributed by atoms with Crippen molar-refractivity contribution in [1.82, 2.24) is 10.2 Å². The molecule has 0 spiro atoms. The number of halogens is 2. The fourth-order valence-corrected chi connectivity index (χ4v) is 3.74. The zero-order chi connectivity index (χ0) is 20.0. The van der Waals surface area contributed by atoms with E-state index in [0.29, 0.717) is 11.6 Å². The second-order valence-electron chi connectivity index (χ2n) is 7.46. The zero-order valence-electron chi connectivity index (χ0n) is 16.5. The maximum Gasteiger partial charge on any atom is 0.308 e. The number of ether oxygens (including phenoxy) is 1. The Morgan fingerprint density at radius 3 is 2.63 bits per heavy atom. The van der Waals surface area contributed by atoms with E-state index in [-0.39, 0.29) is 23.1 Å². The third kappa shape index (κ3) is 5.58. The molecule has 150 valence electrons. The zero-order valence-corrected chi connectivity index (χ0v) is 17.3. The highest BCUT2D eigenvalue weighted by molar-refractivity contribution is 6.31. The predicted molar refractivity (Wildman–Crippen MR) is 107 cm³/mol. The molecule has 27 heavy (non-hydrogen) atoms. The molecule has 0 aliphatic carbocycles. The molecule has 1 fully saturated rings. The van der Waals surface area contributed by atoms with Crippen molar-refractivity contribution >= 4 is 23.5 Å². The van der Waals surface area contributed by atoms with Gasteiger partial charge in [-0.3, -0.25) is 9.79 Å². The summed E-state index contributed by atoms with van der Waals surface area (Å²) in [5.41, 5.74) is 0.532. The van der Waals surface area contributed by atoms with E-state index in [9.17, 15) is 9.18 Å². The van der Waals surface area contributed by atoms with Crippen molar-refractivity contribution in [3.05, 3.63) is 34.6 Å². The van der Waals surface area contributed by atoms with Gasteiger partial charge < -0.3 is 15.0 Å². The van der Waals surface area contributed by atoms with E-state index in [1.807, 2.05) is 20.8 Å². The molecule has 1 aromatic carbocycles. The summed E-state index contributed by atoms with van der Waals surface area (Å²) in [6.45, 7) is 8.89. The Kier molecular flexibility index (Phi) is 7.48. The van der Waals surface area contributed by atoms with Gasteiger partial charge in [-0.05, 0) is 37.5 Å². The number of nitrogens with zero attached hydrogens (tertiary/aromatic N) is 2. The Bertz CT molecular complexity index is 686. The Hall–Kier alpha value is -1.82. The molecule has 0 atom stereocenters. The second-order valence-corrected chi connectivity index (χ2v) is 7.87. The summed E-state index contributed by atoms with van der Waals surface area (Å²) >= 11 is 6.24. The number of hydrogen-bond donors (Lipinski definition) is 1. The number of benzene rings is 1. The molecule has 0 radical (unpaired) electrons. The SMILES string of the molecule is CCNC(=NCC(C)(C)c1ccc(F)cc1Cl)N1CCC(C(=O)OC)CC1. The van der Waals surface area contributed by atoms with Crippen LogP contribution in [0.3, 0.4) is 0 Å². The van der Waals surface area contributed by atoms with E-state index in [0.717, 1.165) is 44.0 Å². The Morgan fingerprint density at radius 2 is 2.07 bits per heavy atom. The molecular formula is C20H29ClFN3O2. The molecular weight excluding hydrogens is 369 g/mol. The van der Waals surface area contributed by atoms with E-state index in [1.165, 1.54) is 19.2 Å². The summed E-state index contributed by atoms with van der Waals surface area (Å²) in [4.78, 5) is 18.7. The van der Waals surface area contributed by atoms with Crippen LogP contribution in [-0.2, 0) is 14.9 Å². The number of methoxy groups -OCH3 is 1. The average Bonchev–Trinajstić information content (AvgIpc) is 2.64. The van der Waals surface area contributed by atoms with Gasteiger partial charge in [0.2, 0.25) is 0 Å². The maximum absolute atomic E-state index is 13.3. The van der Waals surface area contributed by atoms with E-state index in [1.54, 1.807) is 6.07 Å². The van der Waals surface area contributed by atoms with E-state index < -0.39 is 0 Å². The number of piperidine rings is 1.